The molecule has 0 aromatic heterocycles. The zero-order valence-corrected chi connectivity index (χ0v) is 19.9. The van der Waals surface area contributed by atoms with Crippen LogP contribution in [0, 0.1) is 0 Å². The molecule has 182 valence electrons. The van der Waals surface area contributed by atoms with E-state index in [0.717, 1.165) is 10.5 Å². The molecule has 2 aliphatic rings. The van der Waals surface area contributed by atoms with Crippen LogP contribution in [0.15, 0.2) is 89.2 Å². The van der Waals surface area contributed by atoms with Crippen LogP contribution in [0.4, 0.5) is 11.4 Å². The minimum atomic E-state index is -0.954. The Labute approximate surface area is 208 Å². The van der Waals surface area contributed by atoms with Crippen molar-refractivity contribution in [3.8, 4) is 11.5 Å². The van der Waals surface area contributed by atoms with Gasteiger partial charge in [-0.1, -0.05) is 49.4 Å². The standard InChI is InChI=1S/C27H25N5O4/c1-17(2)18-8-12-20(13-9-18)32-26(34)24-25(27(32)35)31(30-29-24)16-23(33)28-19-10-14-22(15-11-19)36-21-6-4-3-5-7-21/h3-15,17,24-25H,16H2,1-2H3,(H,28,33). The van der Waals surface area contributed by atoms with E-state index >= 15 is 0 Å². The fourth-order valence-electron chi connectivity index (χ4n) is 4.20. The summed E-state index contributed by atoms with van der Waals surface area (Å²) in [5.41, 5.74) is 2.16. The third-order valence-electron chi connectivity index (χ3n) is 6.10. The number of fused-ring (bicyclic) bond motifs is 1. The number of amides is 3. The first kappa shape index (κ1) is 23.2. The number of para-hydroxylation sites is 1. The Hall–Kier alpha value is -4.53. The summed E-state index contributed by atoms with van der Waals surface area (Å²) in [7, 11) is 0. The monoisotopic (exact) mass is 483 g/mol. The van der Waals surface area contributed by atoms with Crippen molar-refractivity contribution in [3.63, 3.8) is 0 Å². The molecule has 2 heterocycles. The summed E-state index contributed by atoms with van der Waals surface area (Å²) in [6, 6.07) is 21.7. The Balaban J connectivity index is 1.21. The maximum Gasteiger partial charge on any atom is 0.263 e. The van der Waals surface area contributed by atoms with E-state index < -0.39 is 23.9 Å². The fraction of sp³-hybridized carbons (Fsp3) is 0.222. The van der Waals surface area contributed by atoms with Gasteiger partial charge in [-0.15, -0.1) is 0 Å². The molecule has 3 aromatic rings. The smallest absolute Gasteiger partial charge is 0.263 e. The summed E-state index contributed by atoms with van der Waals surface area (Å²) < 4.78 is 5.76. The van der Waals surface area contributed by atoms with Crippen LogP contribution in [0.25, 0.3) is 0 Å². The second-order valence-electron chi connectivity index (χ2n) is 8.94. The molecule has 0 spiro atoms. The number of anilines is 2. The van der Waals surface area contributed by atoms with Gasteiger partial charge in [0.15, 0.2) is 12.1 Å². The van der Waals surface area contributed by atoms with E-state index in [0.29, 0.717) is 28.8 Å². The van der Waals surface area contributed by atoms with Crippen molar-refractivity contribution in [2.24, 2.45) is 10.3 Å². The van der Waals surface area contributed by atoms with Gasteiger partial charge in [-0.3, -0.25) is 19.4 Å². The summed E-state index contributed by atoms with van der Waals surface area (Å²) in [5, 5.41) is 12.0. The first-order chi connectivity index (χ1) is 17.4. The van der Waals surface area contributed by atoms with Gasteiger partial charge < -0.3 is 10.1 Å². The number of benzene rings is 3. The topological polar surface area (TPSA) is 104 Å². The molecule has 0 radical (unpaired) electrons. The fourth-order valence-corrected chi connectivity index (χ4v) is 4.20. The highest BCUT2D eigenvalue weighted by Crippen LogP contribution is 2.32. The number of hydrogen-bond acceptors (Lipinski definition) is 7. The van der Waals surface area contributed by atoms with Gasteiger partial charge >= 0.3 is 0 Å². The molecule has 5 rings (SSSR count). The van der Waals surface area contributed by atoms with E-state index in [4.69, 9.17) is 4.74 Å². The van der Waals surface area contributed by atoms with Crippen molar-refractivity contribution in [2.45, 2.75) is 31.8 Å². The van der Waals surface area contributed by atoms with Crippen molar-refractivity contribution < 1.29 is 19.1 Å². The van der Waals surface area contributed by atoms with Gasteiger partial charge in [0.1, 0.15) is 18.0 Å². The van der Waals surface area contributed by atoms with Crippen molar-refractivity contribution in [1.29, 1.82) is 0 Å². The van der Waals surface area contributed by atoms with Gasteiger partial charge in [0, 0.05) is 5.69 Å². The van der Waals surface area contributed by atoms with E-state index in [1.165, 1.54) is 5.01 Å². The first-order valence-electron chi connectivity index (χ1n) is 11.7. The molecule has 1 N–H and O–H groups in total. The SMILES string of the molecule is CC(C)c1ccc(N2C(=O)C3N=NN(CC(=O)Nc4ccc(Oc5ccccc5)cc4)C3C2=O)cc1. The van der Waals surface area contributed by atoms with E-state index in [1.54, 1.807) is 36.4 Å². The molecule has 1 fully saturated rings. The predicted octanol–water partition coefficient (Wildman–Crippen LogP) is 4.53. The number of hydrogen-bond donors (Lipinski definition) is 1. The molecule has 36 heavy (non-hydrogen) atoms. The zero-order valence-electron chi connectivity index (χ0n) is 19.9. The number of carbonyl (C=O) groups is 3. The highest BCUT2D eigenvalue weighted by molar-refractivity contribution is 6.25. The summed E-state index contributed by atoms with van der Waals surface area (Å²) in [6.45, 7) is 3.93. The van der Waals surface area contributed by atoms with Crippen molar-refractivity contribution in [2.75, 3.05) is 16.8 Å². The summed E-state index contributed by atoms with van der Waals surface area (Å²) in [4.78, 5) is 39.9. The average molecular weight is 484 g/mol. The predicted molar refractivity (Wildman–Crippen MR) is 134 cm³/mol. The molecule has 9 heteroatoms. The van der Waals surface area contributed by atoms with Crippen LogP contribution < -0.4 is 15.0 Å². The lowest BCUT2D eigenvalue weighted by molar-refractivity contribution is -0.123. The highest BCUT2D eigenvalue weighted by Gasteiger charge is 2.55. The average Bonchev–Trinajstić information content (AvgIpc) is 3.40. The molecule has 0 saturated carbocycles. The van der Waals surface area contributed by atoms with Crippen LogP contribution in [0.3, 0.4) is 0 Å². The maximum absolute atomic E-state index is 13.2. The number of carbonyl (C=O) groups excluding carboxylic acids is 3. The molecule has 3 aromatic carbocycles. The minimum absolute atomic E-state index is 0.216. The van der Waals surface area contributed by atoms with Crippen LogP contribution in [0.5, 0.6) is 11.5 Å². The summed E-state index contributed by atoms with van der Waals surface area (Å²) >= 11 is 0. The molecular weight excluding hydrogens is 458 g/mol. The molecule has 0 aliphatic carbocycles. The molecular formula is C27H25N5O4. The van der Waals surface area contributed by atoms with Crippen molar-refractivity contribution >= 4 is 29.1 Å². The van der Waals surface area contributed by atoms with Gasteiger partial charge in [-0.25, -0.2) is 4.90 Å². The summed E-state index contributed by atoms with van der Waals surface area (Å²) in [5.74, 6) is 0.409. The van der Waals surface area contributed by atoms with E-state index in [2.05, 4.69) is 29.5 Å². The molecule has 0 bridgehead atoms. The summed E-state index contributed by atoms with van der Waals surface area (Å²) in [6.07, 6.45) is 0. The van der Waals surface area contributed by atoms with E-state index in [-0.39, 0.29) is 12.5 Å². The molecule has 9 nitrogen and oxygen atoms in total. The lowest BCUT2D eigenvalue weighted by Crippen LogP contribution is -2.43. The molecule has 2 atom stereocenters. The zero-order chi connectivity index (χ0) is 25.2. The van der Waals surface area contributed by atoms with Crippen LogP contribution >= 0.6 is 0 Å². The van der Waals surface area contributed by atoms with Gasteiger partial charge in [0.05, 0.1) is 5.69 Å². The molecule has 2 aliphatic heterocycles. The quantitative estimate of drug-likeness (QED) is 0.497. The normalized spacial score (nSPS) is 18.6. The first-order valence-corrected chi connectivity index (χ1v) is 11.7. The molecule has 3 amide bonds. The van der Waals surface area contributed by atoms with Gasteiger partial charge in [0.25, 0.3) is 11.8 Å². The number of nitrogens with one attached hydrogen (secondary N) is 1. The number of rotatable bonds is 7. The van der Waals surface area contributed by atoms with Crippen LogP contribution in [-0.4, -0.2) is 41.4 Å². The van der Waals surface area contributed by atoms with Crippen LogP contribution in [0.2, 0.25) is 0 Å². The van der Waals surface area contributed by atoms with Gasteiger partial charge in [-0.2, -0.15) is 5.11 Å². The third kappa shape index (κ3) is 4.55. The highest BCUT2D eigenvalue weighted by atomic mass is 16.5. The Kier molecular flexibility index (Phi) is 6.20. The van der Waals surface area contributed by atoms with Crippen molar-refractivity contribution in [3.05, 3.63) is 84.4 Å². The Bertz CT molecular complexity index is 1310. The molecule has 1 saturated heterocycles. The second kappa shape index (κ2) is 9.61. The number of imide groups is 1. The lowest BCUT2D eigenvalue weighted by Gasteiger charge is -2.20. The lowest BCUT2D eigenvalue weighted by atomic mass is 10.0. The van der Waals surface area contributed by atoms with E-state index in [1.807, 2.05) is 42.5 Å². The Morgan fingerprint density at radius 3 is 2.25 bits per heavy atom. The second-order valence-corrected chi connectivity index (χ2v) is 8.94. The van der Waals surface area contributed by atoms with Gasteiger partial charge in [-0.05, 0) is 60.0 Å². The van der Waals surface area contributed by atoms with Crippen LogP contribution in [0.1, 0.15) is 25.3 Å². The number of nitrogens with zero attached hydrogens (tertiary/aromatic N) is 4. The van der Waals surface area contributed by atoms with E-state index in [9.17, 15) is 14.4 Å². The van der Waals surface area contributed by atoms with Crippen LogP contribution in [-0.2, 0) is 14.4 Å². The molecule has 2 unspecified atom stereocenters. The third-order valence-corrected chi connectivity index (χ3v) is 6.10. The number of ether oxygens (including phenoxy) is 1. The largest absolute Gasteiger partial charge is 0.457 e. The van der Waals surface area contributed by atoms with Gasteiger partial charge in [0.2, 0.25) is 5.91 Å². The Morgan fingerprint density at radius 1 is 0.917 bits per heavy atom. The Morgan fingerprint density at radius 2 is 1.58 bits per heavy atom. The van der Waals surface area contributed by atoms with Crippen molar-refractivity contribution in [1.82, 2.24) is 5.01 Å². The maximum atomic E-state index is 13.2. The minimum Gasteiger partial charge on any atom is -0.457 e.